The van der Waals surface area contributed by atoms with Gasteiger partial charge in [-0.2, -0.15) is 0 Å². The van der Waals surface area contributed by atoms with Gasteiger partial charge >= 0.3 is 0 Å². The summed E-state index contributed by atoms with van der Waals surface area (Å²) in [5, 5.41) is 6.81. The van der Waals surface area contributed by atoms with Gasteiger partial charge in [0.15, 0.2) is 0 Å². The fourth-order valence-electron chi connectivity index (χ4n) is 2.01. The number of nitrogens with zero attached hydrogens (tertiary/aromatic N) is 2. The summed E-state index contributed by atoms with van der Waals surface area (Å²) in [5.74, 6) is 1.78. The predicted octanol–water partition coefficient (Wildman–Crippen LogP) is 1.88. The molecule has 2 N–H and O–H groups in total. The summed E-state index contributed by atoms with van der Waals surface area (Å²) in [7, 11) is 0. The Bertz CT molecular complexity index is 326. The Balaban J connectivity index is 1.73. The molecule has 1 saturated heterocycles. The second kappa shape index (κ2) is 6.34. The molecule has 1 unspecified atom stereocenters. The monoisotopic (exact) mass is 332 g/mol. The van der Waals surface area contributed by atoms with Crippen LogP contribution < -0.4 is 10.6 Å². The number of aromatic nitrogens is 2. The molecule has 1 atom stereocenters. The highest BCUT2D eigenvalue weighted by molar-refractivity contribution is 14.1. The van der Waals surface area contributed by atoms with Crippen molar-refractivity contribution >= 4 is 28.4 Å². The van der Waals surface area contributed by atoms with Gasteiger partial charge in [0.2, 0.25) is 0 Å². The van der Waals surface area contributed by atoms with Crippen LogP contribution in [0.1, 0.15) is 19.3 Å². The van der Waals surface area contributed by atoms with Gasteiger partial charge in [-0.3, -0.25) is 0 Å². The number of rotatable bonds is 4. The molecule has 16 heavy (non-hydrogen) atoms. The highest BCUT2D eigenvalue weighted by Crippen LogP contribution is 2.16. The average Bonchev–Trinajstić information content (AvgIpc) is 2.33. The molecule has 1 aliphatic heterocycles. The predicted molar refractivity (Wildman–Crippen MR) is 73.4 cm³/mol. The van der Waals surface area contributed by atoms with Crippen molar-refractivity contribution in [3.8, 4) is 0 Å². The fraction of sp³-hybridized carbons (Fsp3) is 0.636. The van der Waals surface area contributed by atoms with Crippen molar-refractivity contribution in [3.63, 3.8) is 0 Å². The van der Waals surface area contributed by atoms with Crippen LogP contribution in [0.5, 0.6) is 0 Å². The van der Waals surface area contributed by atoms with Gasteiger partial charge in [-0.05, 0) is 60.9 Å². The molecule has 1 aromatic heterocycles. The Morgan fingerprint density at radius 2 is 2.50 bits per heavy atom. The van der Waals surface area contributed by atoms with Crippen LogP contribution >= 0.6 is 22.6 Å². The molecule has 0 saturated carbocycles. The van der Waals surface area contributed by atoms with Gasteiger partial charge in [-0.15, -0.1) is 0 Å². The van der Waals surface area contributed by atoms with Crippen molar-refractivity contribution in [2.24, 2.45) is 5.92 Å². The van der Waals surface area contributed by atoms with Crippen LogP contribution in [0.4, 0.5) is 5.82 Å². The molecule has 1 fully saturated rings. The zero-order valence-electron chi connectivity index (χ0n) is 9.25. The average molecular weight is 332 g/mol. The molecule has 4 nitrogen and oxygen atoms in total. The van der Waals surface area contributed by atoms with Crippen molar-refractivity contribution in [2.45, 2.75) is 19.3 Å². The number of nitrogens with one attached hydrogen (secondary N) is 2. The normalized spacial score (nSPS) is 20.7. The second-order valence-electron chi connectivity index (χ2n) is 4.15. The molecular formula is C11H17IN4. The van der Waals surface area contributed by atoms with E-state index in [0.29, 0.717) is 0 Å². The molecule has 2 heterocycles. The van der Waals surface area contributed by atoms with E-state index in [-0.39, 0.29) is 0 Å². The van der Waals surface area contributed by atoms with E-state index in [1.54, 1.807) is 6.33 Å². The van der Waals surface area contributed by atoms with Crippen molar-refractivity contribution < 1.29 is 0 Å². The molecular weight excluding hydrogens is 315 g/mol. The lowest BCUT2D eigenvalue weighted by Crippen LogP contribution is -2.30. The third-order valence-electron chi connectivity index (χ3n) is 2.91. The van der Waals surface area contributed by atoms with Gasteiger partial charge in [0.05, 0.1) is 3.57 Å². The Morgan fingerprint density at radius 3 is 3.25 bits per heavy atom. The van der Waals surface area contributed by atoms with Crippen LogP contribution in [0.2, 0.25) is 0 Å². The number of hydrogen-bond acceptors (Lipinski definition) is 4. The summed E-state index contributed by atoms with van der Waals surface area (Å²) in [6.07, 6.45) is 7.31. The smallest absolute Gasteiger partial charge is 0.142 e. The maximum absolute atomic E-state index is 4.22. The van der Waals surface area contributed by atoms with Gasteiger partial charge in [0.25, 0.3) is 0 Å². The van der Waals surface area contributed by atoms with E-state index in [9.17, 15) is 0 Å². The van der Waals surface area contributed by atoms with E-state index in [4.69, 9.17) is 0 Å². The van der Waals surface area contributed by atoms with E-state index < -0.39 is 0 Å². The Morgan fingerprint density at radius 1 is 1.56 bits per heavy atom. The quantitative estimate of drug-likeness (QED) is 0.827. The second-order valence-corrected chi connectivity index (χ2v) is 5.31. The minimum atomic E-state index is 0.820. The van der Waals surface area contributed by atoms with Crippen LogP contribution in [-0.2, 0) is 0 Å². The first kappa shape index (κ1) is 12.0. The van der Waals surface area contributed by atoms with Gasteiger partial charge in [0.1, 0.15) is 12.1 Å². The van der Waals surface area contributed by atoms with Gasteiger partial charge in [-0.1, -0.05) is 0 Å². The lowest BCUT2D eigenvalue weighted by molar-refractivity contribution is 0.364. The maximum atomic E-state index is 4.22. The van der Waals surface area contributed by atoms with E-state index >= 15 is 0 Å². The number of piperidine rings is 1. The molecule has 0 aromatic carbocycles. The largest absolute Gasteiger partial charge is 0.369 e. The molecule has 0 radical (unpaired) electrons. The molecule has 0 bridgehead atoms. The zero-order valence-corrected chi connectivity index (χ0v) is 11.4. The first-order valence-corrected chi connectivity index (χ1v) is 6.84. The van der Waals surface area contributed by atoms with Crippen molar-refractivity contribution in [1.82, 2.24) is 15.3 Å². The van der Waals surface area contributed by atoms with Gasteiger partial charge in [0, 0.05) is 12.7 Å². The first-order valence-electron chi connectivity index (χ1n) is 5.76. The van der Waals surface area contributed by atoms with Crippen molar-refractivity contribution in [3.05, 3.63) is 16.1 Å². The van der Waals surface area contributed by atoms with Crippen LogP contribution in [0.15, 0.2) is 12.5 Å². The molecule has 2 rings (SSSR count). The summed E-state index contributed by atoms with van der Waals surface area (Å²) in [5.41, 5.74) is 0. The van der Waals surface area contributed by atoms with Crippen molar-refractivity contribution in [2.75, 3.05) is 25.0 Å². The third-order valence-corrected chi connectivity index (χ3v) is 3.70. The summed E-state index contributed by atoms with van der Waals surface area (Å²) < 4.78 is 1.09. The minimum Gasteiger partial charge on any atom is -0.369 e. The third kappa shape index (κ3) is 3.55. The maximum Gasteiger partial charge on any atom is 0.142 e. The molecule has 0 amide bonds. The lowest BCUT2D eigenvalue weighted by Gasteiger charge is -2.22. The first-order chi connectivity index (χ1) is 7.86. The minimum absolute atomic E-state index is 0.820. The molecule has 0 spiro atoms. The molecule has 88 valence electrons. The summed E-state index contributed by atoms with van der Waals surface area (Å²) in [6, 6.07) is 0. The highest BCUT2D eigenvalue weighted by Gasteiger charge is 2.12. The number of anilines is 1. The van der Waals surface area contributed by atoms with Gasteiger partial charge in [-0.25, -0.2) is 9.97 Å². The van der Waals surface area contributed by atoms with E-state index in [1.165, 1.54) is 32.4 Å². The fourth-order valence-corrected chi connectivity index (χ4v) is 2.50. The number of hydrogen-bond donors (Lipinski definition) is 2. The Hall–Kier alpha value is -0.430. The molecule has 1 aliphatic rings. The van der Waals surface area contributed by atoms with E-state index in [1.807, 2.05) is 6.20 Å². The molecule has 5 heteroatoms. The highest BCUT2D eigenvalue weighted by atomic mass is 127. The van der Waals surface area contributed by atoms with E-state index in [2.05, 4.69) is 43.2 Å². The van der Waals surface area contributed by atoms with Crippen molar-refractivity contribution in [1.29, 1.82) is 0 Å². The Labute approximate surface area is 110 Å². The lowest BCUT2D eigenvalue weighted by atomic mass is 9.96. The molecule has 0 aliphatic carbocycles. The van der Waals surface area contributed by atoms with Crippen LogP contribution in [0.25, 0.3) is 0 Å². The van der Waals surface area contributed by atoms with Gasteiger partial charge < -0.3 is 10.6 Å². The van der Waals surface area contributed by atoms with Crippen LogP contribution in [-0.4, -0.2) is 29.6 Å². The summed E-state index contributed by atoms with van der Waals surface area (Å²) in [4.78, 5) is 8.19. The topological polar surface area (TPSA) is 49.8 Å². The van der Waals surface area contributed by atoms with E-state index in [0.717, 1.165) is 21.9 Å². The summed E-state index contributed by atoms with van der Waals surface area (Å²) in [6.45, 7) is 3.36. The van der Waals surface area contributed by atoms with Crippen LogP contribution in [0.3, 0.4) is 0 Å². The SMILES string of the molecule is Ic1cncnc1NCCC1CCCNC1. The standard InChI is InChI=1S/C11H17IN4/c12-10-7-14-8-16-11(10)15-5-3-9-2-1-4-13-6-9/h7-9,13H,1-6H2,(H,14,15,16). The van der Waals surface area contributed by atoms with Crippen LogP contribution in [0, 0.1) is 9.49 Å². The summed E-state index contributed by atoms with van der Waals surface area (Å²) >= 11 is 2.25. The Kier molecular flexibility index (Phi) is 4.77. The number of halogens is 1. The zero-order chi connectivity index (χ0) is 11.2. The molecule has 1 aromatic rings.